The van der Waals surface area contributed by atoms with Gasteiger partial charge in [-0.05, 0) is 44.8 Å². The first kappa shape index (κ1) is 21.0. The van der Waals surface area contributed by atoms with Crippen molar-refractivity contribution in [1.29, 1.82) is 0 Å². The molecule has 0 spiro atoms. The lowest BCUT2D eigenvalue weighted by molar-refractivity contribution is 0.381. The first-order valence-corrected chi connectivity index (χ1v) is 9.72. The Kier molecular flexibility index (Phi) is 4.85. The molecule has 0 aliphatic heterocycles. The Hall–Kier alpha value is -3.87. The van der Waals surface area contributed by atoms with E-state index in [0.717, 1.165) is 12.1 Å². The molecule has 0 aromatic heterocycles. The van der Waals surface area contributed by atoms with Gasteiger partial charge in [0.1, 0.15) is 0 Å². The standard InChI is InChI=1S/C26H11F7/c27-17-10-9-12(11-18(17)28)19-13-5-1-3-7-15(13)20(16-8-4-2-6-14(16)19)21-22(29)24(31)26(33)25(32)23(21)30/h1-11H. The second kappa shape index (κ2) is 7.62. The molecule has 5 rings (SSSR count). The molecule has 0 saturated heterocycles. The van der Waals surface area contributed by atoms with Crippen LogP contribution in [-0.2, 0) is 0 Å². The summed E-state index contributed by atoms with van der Waals surface area (Å²) in [6, 6.07) is 15.7. The predicted molar refractivity (Wildman–Crippen MR) is 112 cm³/mol. The van der Waals surface area contributed by atoms with Gasteiger partial charge in [0.15, 0.2) is 34.9 Å². The Balaban J connectivity index is 2.02. The van der Waals surface area contributed by atoms with Gasteiger partial charge < -0.3 is 0 Å². The number of halogens is 7. The lowest BCUT2D eigenvalue weighted by Gasteiger charge is -2.19. The van der Waals surface area contributed by atoms with Crippen molar-refractivity contribution in [3.05, 3.63) is 107 Å². The predicted octanol–water partition coefficient (Wildman–Crippen LogP) is 8.30. The van der Waals surface area contributed by atoms with Crippen molar-refractivity contribution in [3.8, 4) is 22.3 Å². The third-order valence-electron chi connectivity index (χ3n) is 5.60. The Morgan fingerprint density at radius 3 is 1.24 bits per heavy atom. The molecule has 0 nitrogen and oxygen atoms in total. The summed E-state index contributed by atoms with van der Waals surface area (Å²) in [7, 11) is 0. The van der Waals surface area contributed by atoms with Crippen molar-refractivity contribution >= 4 is 21.5 Å². The van der Waals surface area contributed by atoms with Gasteiger partial charge in [-0.15, -0.1) is 0 Å². The third kappa shape index (κ3) is 3.07. The molecule has 0 heterocycles. The molecule has 5 aromatic rings. The van der Waals surface area contributed by atoms with Gasteiger partial charge in [0.05, 0.1) is 5.56 Å². The number of fused-ring (bicyclic) bond motifs is 2. The zero-order valence-corrected chi connectivity index (χ0v) is 16.5. The van der Waals surface area contributed by atoms with Crippen LogP contribution in [0.2, 0.25) is 0 Å². The molecule has 7 heteroatoms. The third-order valence-corrected chi connectivity index (χ3v) is 5.60. The highest BCUT2D eigenvalue weighted by atomic mass is 19.2. The summed E-state index contributed by atoms with van der Waals surface area (Å²) in [6.45, 7) is 0. The lowest BCUT2D eigenvalue weighted by Crippen LogP contribution is -2.05. The summed E-state index contributed by atoms with van der Waals surface area (Å²) in [5.74, 6) is -12.4. The molecular weight excluding hydrogens is 445 g/mol. The number of rotatable bonds is 2. The van der Waals surface area contributed by atoms with E-state index in [1.807, 2.05) is 0 Å². The SMILES string of the molecule is Fc1ccc(-c2c3ccccc3c(-c3c(F)c(F)c(F)c(F)c3F)c3ccccc23)cc1F. The van der Waals surface area contributed by atoms with Crippen LogP contribution in [0.3, 0.4) is 0 Å². The maximum Gasteiger partial charge on any atom is 0.200 e. The molecule has 0 bridgehead atoms. The van der Waals surface area contributed by atoms with Crippen molar-refractivity contribution in [1.82, 2.24) is 0 Å². The molecule has 0 saturated carbocycles. The topological polar surface area (TPSA) is 0 Å². The van der Waals surface area contributed by atoms with Crippen LogP contribution in [0.4, 0.5) is 30.7 Å². The van der Waals surface area contributed by atoms with Crippen LogP contribution in [0.15, 0.2) is 66.7 Å². The zero-order valence-electron chi connectivity index (χ0n) is 16.5. The van der Waals surface area contributed by atoms with E-state index in [9.17, 15) is 30.7 Å². The molecular formula is C26H11F7. The molecule has 164 valence electrons. The van der Waals surface area contributed by atoms with E-state index in [4.69, 9.17) is 0 Å². The van der Waals surface area contributed by atoms with Crippen LogP contribution in [0.25, 0.3) is 43.8 Å². The fraction of sp³-hybridized carbons (Fsp3) is 0. The van der Waals surface area contributed by atoms with Crippen molar-refractivity contribution in [3.63, 3.8) is 0 Å². The molecule has 33 heavy (non-hydrogen) atoms. The van der Waals surface area contributed by atoms with Gasteiger partial charge in [0.25, 0.3) is 0 Å². The highest BCUT2D eigenvalue weighted by Gasteiger charge is 2.29. The second-order valence-corrected chi connectivity index (χ2v) is 7.41. The van der Waals surface area contributed by atoms with Crippen LogP contribution < -0.4 is 0 Å². The zero-order chi connectivity index (χ0) is 23.4. The highest BCUT2D eigenvalue weighted by molar-refractivity contribution is 6.21. The minimum atomic E-state index is -2.25. The van der Waals surface area contributed by atoms with Crippen LogP contribution in [0, 0.1) is 40.7 Å². The second-order valence-electron chi connectivity index (χ2n) is 7.41. The molecule has 5 aromatic carbocycles. The van der Waals surface area contributed by atoms with Crippen molar-refractivity contribution in [2.75, 3.05) is 0 Å². The normalized spacial score (nSPS) is 11.5. The van der Waals surface area contributed by atoms with Crippen LogP contribution in [-0.4, -0.2) is 0 Å². The summed E-state index contributed by atoms with van der Waals surface area (Å²) in [5.41, 5.74) is -0.547. The fourth-order valence-corrected chi connectivity index (χ4v) is 4.18. The van der Waals surface area contributed by atoms with Crippen molar-refractivity contribution < 1.29 is 30.7 Å². The Bertz CT molecular complexity index is 1500. The van der Waals surface area contributed by atoms with Gasteiger partial charge in [-0.1, -0.05) is 54.6 Å². The molecule has 0 aliphatic carbocycles. The van der Waals surface area contributed by atoms with Gasteiger partial charge in [0.2, 0.25) is 5.82 Å². The molecule has 0 fully saturated rings. The molecule has 0 radical (unpaired) electrons. The molecule has 0 amide bonds. The Morgan fingerprint density at radius 2 is 0.788 bits per heavy atom. The van der Waals surface area contributed by atoms with Gasteiger partial charge in [-0.2, -0.15) is 0 Å². The van der Waals surface area contributed by atoms with E-state index in [2.05, 4.69) is 0 Å². The van der Waals surface area contributed by atoms with Crippen molar-refractivity contribution in [2.24, 2.45) is 0 Å². The summed E-state index contributed by atoms with van der Waals surface area (Å²) in [4.78, 5) is 0. The van der Waals surface area contributed by atoms with E-state index in [1.54, 1.807) is 36.4 Å². The smallest absolute Gasteiger partial charge is 0.200 e. The highest BCUT2D eigenvalue weighted by Crippen LogP contribution is 2.45. The summed E-state index contributed by atoms with van der Waals surface area (Å²) in [6.07, 6.45) is 0. The van der Waals surface area contributed by atoms with E-state index >= 15 is 0 Å². The average Bonchev–Trinajstić information content (AvgIpc) is 2.83. The van der Waals surface area contributed by atoms with E-state index < -0.39 is 46.3 Å². The minimum absolute atomic E-state index is 0.180. The summed E-state index contributed by atoms with van der Waals surface area (Å²) >= 11 is 0. The van der Waals surface area contributed by atoms with E-state index in [0.29, 0.717) is 16.3 Å². The van der Waals surface area contributed by atoms with Crippen LogP contribution in [0.5, 0.6) is 0 Å². The maximum atomic E-state index is 14.9. The van der Waals surface area contributed by atoms with Gasteiger partial charge in [-0.3, -0.25) is 0 Å². The first-order valence-electron chi connectivity index (χ1n) is 9.72. The summed E-state index contributed by atoms with van der Waals surface area (Å²) in [5, 5.41) is 1.08. The molecule has 0 unspecified atom stereocenters. The minimum Gasteiger partial charge on any atom is -0.204 e. The molecule has 0 N–H and O–H groups in total. The quantitative estimate of drug-likeness (QED) is 0.108. The lowest BCUT2D eigenvalue weighted by atomic mass is 9.85. The van der Waals surface area contributed by atoms with Gasteiger partial charge in [-0.25, -0.2) is 30.7 Å². The molecule has 0 aliphatic rings. The van der Waals surface area contributed by atoms with E-state index in [-0.39, 0.29) is 21.9 Å². The Labute approximate surface area is 182 Å². The fourth-order valence-electron chi connectivity index (χ4n) is 4.18. The van der Waals surface area contributed by atoms with E-state index in [1.165, 1.54) is 18.2 Å². The largest absolute Gasteiger partial charge is 0.204 e. The Morgan fingerprint density at radius 1 is 0.364 bits per heavy atom. The van der Waals surface area contributed by atoms with Crippen molar-refractivity contribution in [2.45, 2.75) is 0 Å². The first-order chi connectivity index (χ1) is 15.8. The number of hydrogen-bond donors (Lipinski definition) is 0. The number of hydrogen-bond acceptors (Lipinski definition) is 0. The van der Waals surface area contributed by atoms with Crippen LogP contribution in [0.1, 0.15) is 0 Å². The molecule has 0 atom stereocenters. The van der Waals surface area contributed by atoms with Gasteiger partial charge in [0, 0.05) is 5.56 Å². The summed E-state index contributed by atoms with van der Waals surface area (Å²) < 4.78 is 99.2. The number of benzene rings is 5. The monoisotopic (exact) mass is 456 g/mol. The maximum absolute atomic E-state index is 14.9. The van der Waals surface area contributed by atoms with Gasteiger partial charge >= 0.3 is 0 Å². The van der Waals surface area contributed by atoms with Crippen LogP contribution >= 0.6 is 0 Å². The average molecular weight is 456 g/mol.